The second-order valence-corrected chi connectivity index (χ2v) is 4.52. The molecule has 0 N–H and O–H groups in total. The second kappa shape index (κ2) is 5.17. The van der Waals surface area contributed by atoms with Crippen LogP contribution in [0.15, 0.2) is 48.8 Å². The van der Waals surface area contributed by atoms with Crippen molar-refractivity contribution in [2.24, 2.45) is 0 Å². The number of pyridine rings is 2. The molecule has 4 nitrogen and oxygen atoms in total. The Morgan fingerprint density at radius 2 is 1.25 bits per heavy atom. The fraction of sp³-hybridized carbons (Fsp3) is 0.125. The molecule has 0 aliphatic heterocycles. The summed E-state index contributed by atoms with van der Waals surface area (Å²) in [5.74, 6) is 0.653. The van der Waals surface area contributed by atoms with Crippen LogP contribution in [0.2, 0.25) is 0 Å². The first kappa shape index (κ1) is 12.4. The number of aryl methyl sites for hydroxylation is 2. The highest BCUT2D eigenvalue weighted by Gasteiger charge is 2.12. The van der Waals surface area contributed by atoms with E-state index in [-0.39, 0.29) is 0 Å². The van der Waals surface area contributed by atoms with Gasteiger partial charge in [0, 0.05) is 18.0 Å². The Labute approximate surface area is 117 Å². The molecule has 0 atom stereocenters. The third-order valence-electron chi connectivity index (χ3n) is 3.09. The highest BCUT2D eigenvalue weighted by atomic mass is 14.9. The lowest BCUT2D eigenvalue weighted by Gasteiger charge is -2.10. The first-order valence-corrected chi connectivity index (χ1v) is 6.44. The molecule has 0 amide bonds. The van der Waals surface area contributed by atoms with Crippen molar-refractivity contribution in [3.8, 4) is 22.8 Å². The van der Waals surface area contributed by atoms with Gasteiger partial charge in [0.1, 0.15) is 5.69 Å². The van der Waals surface area contributed by atoms with Crippen LogP contribution in [0.3, 0.4) is 0 Å². The summed E-state index contributed by atoms with van der Waals surface area (Å²) in [6.45, 7) is 3.95. The smallest absolute Gasteiger partial charge is 0.178 e. The fourth-order valence-corrected chi connectivity index (χ4v) is 2.21. The van der Waals surface area contributed by atoms with Crippen LogP contribution in [0.1, 0.15) is 11.4 Å². The maximum absolute atomic E-state index is 4.57. The summed E-state index contributed by atoms with van der Waals surface area (Å²) in [7, 11) is 0. The zero-order chi connectivity index (χ0) is 13.9. The van der Waals surface area contributed by atoms with Gasteiger partial charge in [0.15, 0.2) is 5.82 Å². The van der Waals surface area contributed by atoms with Gasteiger partial charge in [0.2, 0.25) is 0 Å². The van der Waals surface area contributed by atoms with E-state index < -0.39 is 0 Å². The summed E-state index contributed by atoms with van der Waals surface area (Å²) in [6, 6.07) is 11.6. The van der Waals surface area contributed by atoms with E-state index in [1.165, 1.54) is 0 Å². The molecule has 98 valence electrons. The molecule has 3 heterocycles. The minimum atomic E-state index is 0.653. The largest absolute Gasteiger partial charge is 0.256 e. The van der Waals surface area contributed by atoms with Gasteiger partial charge < -0.3 is 0 Å². The normalized spacial score (nSPS) is 10.5. The molecule has 0 aliphatic rings. The summed E-state index contributed by atoms with van der Waals surface area (Å²) in [5.41, 5.74) is 4.50. The van der Waals surface area contributed by atoms with Crippen LogP contribution in [-0.4, -0.2) is 19.9 Å². The lowest BCUT2D eigenvalue weighted by Crippen LogP contribution is -2.01. The molecule has 3 rings (SSSR count). The topological polar surface area (TPSA) is 51.6 Å². The van der Waals surface area contributed by atoms with Crippen LogP contribution in [0.25, 0.3) is 22.8 Å². The highest BCUT2D eigenvalue weighted by molar-refractivity contribution is 5.66. The lowest BCUT2D eigenvalue weighted by molar-refractivity contribution is 1.04. The van der Waals surface area contributed by atoms with Crippen LogP contribution < -0.4 is 0 Å². The number of rotatable bonds is 2. The molecule has 0 saturated carbocycles. The van der Waals surface area contributed by atoms with E-state index >= 15 is 0 Å². The van der Waals surface area contributed by atoms with E-state index in [0.29, 0.717) is 5.82 Å². The summed E-state index contributed by atoms with van der Waals surface area (Å²) >= 11 is 0. The summed E-state index contributed by atoms with van der Waals surface area (Å²) < 4.78 is 0. The zero-order valence-electron chi connectivity index (χ0n) is 11.4. The lowest BCUT2D eigenvalue weighted by atomic mass is 10.1. The molecule has 3 aromatic rings. The van der Waals surface area contributed by atoms with Gasteiger partial charge in [0.05, 0.1) is 17.1 Å². The van der Waals surface area contributed by atoms with Gasteiger partial charge in [-0.1, -0.05) is 12.1 Å². The van der Waals surface area contributed by atoms with E-state index in [9.17, 15) is 0 Å². The van der Waals surface area contributed by atoms with Crippen LogP contribution >= 0.6 is 0 Å². The molecule has 0 spiro atoms. The highest BCUT2D eigenvalue weighted by Crippen LogP contribution is 2.25. The minimum Gasteiger partial charge on any atom is -0.256 e. The Bertz CT molecular complexity index is 701. The Balaban J connectivity index is 2.13. The van der Waals surface area contributed by atoms with Crippen LogP contribution in [0, 0.1) is 13.8 Å². The quantitative estimate of drug-likeness (QED) is 0.711. The Morgan fingerprint density at radius 1 is 0.700 bits per heavy atom. The maximum atomic E-state index is 4.57. The predicted octanol–water partition coefficient (Wildman–Crippen LogP) is 3.22. The SMILES string of the molecule is Cc1nc(-c2ccccn2)nc(C)c1-c1ccccn1. The predicted molar refractivity (Wildman–Crippen MR) is 78.0 cm³/mol. The van der Waals surface area contributed by atoms with Crippen molar-refractivity contribution in [3.63, 3.8) is 0 Å². The molecular weight excluding hydrogens is 248 g/mol. The van der Waals surface area contributed by atoms with Gasteiger partial charge in [0.25, 0.3) is 0 Å². The number of hydrogen-bond acceptors (Lipinski definition) is 4. The van der Waals surface area contributed by atoms with Crippen molar-refractivity contribution in [1.82, 2.24) is 19.9 Å². The summed E-state index contributed by atoms with van der Waals surface area (Å²) in [4.78, 5) is 17.8. The van der Waals surface area contributed by atoms with E-state index in [1.54, 1.807) is 12.4 Å². The molecule has 0 fully saturated rings. The molecule has 0 radical (unpaired) electrons. The minimum absolute atomic E-state index is 0.653. The van der Waals surface area contributed by atoms with Crippen LogP contribution in [-0.2, 0) is 0 Å². The van der Waals surface area contributed by atoms with Crippen molar-refractivity contribution in [2.45, 2.75) is 13.8 Å². The van der Waals surface area contributed by atoms with Gasteiger partial charge in [-0.25, -0.2) is 9.97 Å². The van der Waals surface area contributed by atoms with Crippen molar-refractivity contribution in [2.75, 3.05) is 0 Å². The molecular formula is C16H14N4. The van der Waals surface area contributed by atoms with Gasteiger partial charge in [-0.05, 0) is 38.1 Å². The second-order valence-electron chi connectivity index (χ2n) is 4.52. The van der Waals surface area contributed by atoms with E-state index in [1.807, 2.05) is 50.2 Å². The van der Waals surface area contributed by atoms with Crippen molar-refractivity contribution in [1.29, 1.82) is 0 Å². The maximum Gasteiger partial charge on any atom is 0.178 e. The zero-order valence-corrected chi connectivity index (χ0v) is 11.4. The van der Waals surface area contributed by atoms with Crippen molar-refractivity contribution >= 4 is 0 Å². The molecule has 3 aromatic heterocycles. The average molecular weight is 262 g/mol. The van der Waals surface area contributed by atoms with E-state index in [2.05, 4.69) is 19.9 Å². The van der Waals surface area contributed by atoms with Crippen molar-refractivity contribution in [3.05, 3.63) is 60.2 Å². The third kappa shape index (κ3) is 2.28. The third-order valence-corrected chi connectivity index (χ3v) is 3.09. The van der Waals surface area contributed by atoms with Gasteiger partial charge in [-0.3, -0.25) is 9.97 Å². The standard InChI is InChI=1S/C16H14N4/c1-11-15(13-7-3-5-9-17-13)12(2)20-16(19-11)14-8-4-6-10-18-14/h3-10H,1-2H3. The Morgan fingerprint density at radius 3 is 1.75 bits per heavy atom. The molecule has 0 aliphatic carbocycles. The molecule has 0 unspecified atom stereocenters. The Hall–Kier alpha value is -2.62. The molecule has 0 aromatic carbocycles. The molecule has 0 saturated heterocycles. The van der Waals surface area contributed by atoms with Crippen molar-refractivity contribution < 1.29 is 0 Å². The average Bonchev–Trinajstić information content (AvgIpc) is 2.48. The monoisotopic (exact) mass is 262 g/mol. The molecule has 0 bridgehead atoms. The number of hydrogen-bond donors (Lipinski definition) is 0. The first-order chi connectivity index (χ1) is 9.75. The summed E-state index contributed by atoms with van der Waals surface area (Å²) in [5, 5.41) is 0. The first-order valence-electron chi connectivity index (χ1n) is 6.44. The van der Waals surface area contributed by atoms with Gasteiger partial charge >= 0.3 is 0 Å². The van der Waals surface area contributed by atoms with Gasteiger partial charge in [-0.2, -0.15) is 0 Å². The number of nitrogens with zero attached hydrogens (tertiary/aromatic N) is 4. The number of aromatic nitrogens is 4. The van der Waals surface area contributed by atoms with Crippen LogP contribution in [0.5, 0.6) is 0 Å². The fourth-order valence-electron chi connectivity index (χ4n) is 2.21. The molecule has 4 heteroatoms. The van der Waals surface area contributed by atoms with E-state index in [0.717, 1.165) is 28.3 Å². The van der Waals surface area contributed by atoms with Crippen LogP contribution in [0.4, 0.5) is 0 Å². The van der Waals surface area contributed by atoms with E-state index in [4.69, 9.17) is 0 Å². The Kier molecular flexibility index (Phi) is 3.21. The molecule has 20 heavy (non-hydrogen) atoms. The summed E-state index contributed by atoms with van der Waals surface area (Å²) in [6.07, 6.45) is 3.52. The van der Waals surface area contributed by atoms with Gasteiger partial charge in [-0.15, -0.1) is 0 Å².